The number of carbonyl (C=O) groups excluding carboxylic acids is 1. The van der Waals surface area contributed by atoms with Gasteiger partial charge in [-0.3, -0.25) is 4.79 Å². The fourth-order valence-corrected chi connectivity index (χ4v) is 3.07. The molecule has 0 saturated heterocycles. The molecule has 5 heteroatoms. The first-order valence-corrected chi connectivity index (χ1v) is 8.68. The second kappa shape index (κ2) is 7.90. The summed E-state index contributed by atoms with van der Waals surface area (Å²) in [4.78, 5) is 23.1. The van der Waals surface area contributed by atoms with Gasteiger partial charge in [0.2, 0.25) is 5.95 Å². The van der Waals surface area contributed by atoms with E-state index in [9.17, 15) is 4.79 Å². The molecule has 0 aliphatic heterocycles. The van der Waals surface area contributed by atoms with E-state index < -0.39 is 0 Å². The summed E-state index contributed by atoms with van der Waals surface area (Å²) in [7, 11) is 0. The zero-order chi connectivity index (χ0) is 16.8. The van der Waals surface area contributed by atoms with Crippen LogP contribution in [0.15, 0.2) is 42.7 Å². The first-order chi connectivity index (χ1) is 11.8. The highest BCUT2D eigenvalue weighted by atomic mass is 16.1. The van der Waals surface area contributed by atoms with Gasteiger partial charge in [-0.05, 0) is 25.3 Å². The van der Waals surface area contributed by atoms with E-state index in [1.807, 2.05) is 18.2 Å². The Morgan fingerprint density at radius 2 is 1.83 bits per heavy atom. The molecule has 0 atom stereocenters. The number of carbonyl (C=O) groups is 1. The Kier molecular flexibility index (Phi) is 5.41. The van der Waals surface area contributed by atoms with E-state index in [1.54, 1.807) is 12.4 Å². The zero-order valence-corrected chi connectivity index (χ0v) is 14.1. The summed E-state index contributed by atoms with van der Waals surface area (Å²) >= 11 is 0. The summed E-state index contributed by atoms with van der Waals surface area (Å²) in [5.74, 6) is 0.582. The topological polar surface area (TPSA) is 58.1 Å². The molecule has 1 heterocycles. The summed E-state index contributed by atoms with van der Waals surface area (Å²) in [5, 5.41) is 3.07. The van der Waals surface area contributed by atoms with Crippen LogP contribution in [-0.4, -0.2) is 28.5 Å². The van der Waals surface area contributed by atoms with Crippen LogP contribution in [0.3, 0.4) is 0 Å². The van der Waals surface area contributed by atoms with Gasteiger partial charge in [-0.15, -0.1) is 0 Å². The summed E-state index contributed by atoms with van der Waals surface area (Å²) in [6, 6.07) is 10.6. The van der Waals surface area contributed by atoms with Crippen molar-refractivity contribution < 1.29 is 4.79 Å². The molecule has 1 N–H and O–H groups in total. The second-order valence-corrected chi connectivity index (χ2v) is 6.23. The minimum absolute atomic E-state index is 0.0699. The molecule has 0 spiro atoms. The number of hydrogen-bond acceptors (Lipinski definition) is 4. The molecule has 0 unspecified atom stereocenters. The van der Waals surface area contributed by atoms with E-state index in [0.717, 1.165) is 25.9 Å². The van der Waals surface area contributed by atoms with Gasteiger partial charge in [0, 0.05) is 31.5 Å². The van der Waals surface area contributed by atoms with Gasteiger partial charge >= 0.3 is 0 Å². The molecule has 1 aromatic heterocycles. The van der Waals surface area contributed by atoms with E-state index in [2.05, 4.69) is 39.2 Å². The van der Waals surface area contributed by atoms with Crippen molar-refractivity contribution in [3.05, 3.63) is 53.9 Å². The number of nitrogens with zero attached hydrogens (tertiary/aromatic N) is 3. The van der Waals surface area contributed by atoms with Crippen LogP contribution in [-0.2, 0) is 6.54 Å². The predicted octanol–water partition coefficient (Wildman–Crippen LogP) is 3.18. The Hall–Kier alpha value is -2.43. The molecule has 1 amide bonds. The summed E-state index contributed by atoms with van der Waals surface area (Å²) in [6.45, 7) is 3.64. The Labute approximate surface area is 143 Å². The van der Waals surface area contributed by atoms with Crippen molar-refractivity contribution in [2.24, 2.45) is 0 Å². The van der Waals surface area contributed by atoms with E-state index in [0.29, 0.717) is 17.6 Å². The molecule has 24 heavy (non-hydrogen) atoms. The molecule has 1 aliphatic carbocycles. The van der Waals surface area contributed by atoms with Crippen LogP contribution in [0.5, 0.6) is 0 Å². The molecule has 1 aromatic carbocycles. The Morgan fingerprint density at radius 1 is 1.17 bits per heavy atom. The fraction of sp³-hybridized carbons (Fsp3) is 0.421. The minimum Gasteiger partial charge on any atom is -0.349 e. The number of rotatable bonds is 6. The molecular formula is C19H24N4O. The lowest BCUT2D eigenvalue weighted by Gasteiger charge is -2.21. The molecule has 1 fully saturated rings. The van der Waals surface area contributed by atoms with Crippen molar-refractivity contribution in [2.45, 2.75) is 45.2 Å². The maximum Gasteiger partial charge on any atom is 0.254 e. The van der Waals surface area contributed by atoms with Crippen LogP contribution in [0.1, 0.15) is 48.5 Å². The van der Waals surface area contributed by atoms with Crippen LogP contribution in [0, 0.1) is 0 Å². The van der Waals surface area contributed by atoms with Crippen molar-refractivity contribution in [3.8, 4) is 0 Å². The molecule has 3 rings (SSSR count). The van der Waals surface area contributed by atoms with E-state index in [1.165, 1.54) is 18.4 Å². The molecule has 5 nitrogen and oxygen atoms in total. The highest BCUT2D eigenvalue weighted by Crippen LogP contribution is 2.18. The zero-order valence-electron chi connectivity index (χ0n) is 14.1. The third-order valence-electron chi connectivity index (χ3n) is 4.47. The number of nitrogens with one attached hydrogen (secondary N) is 1. The first-order valence-electron chi connectivity index (χ1n) is 8.68. The lowest BCUT2D eigenvalue weighted by Crippen LogP contribution is -2.33. The molecule has 126 valence electrons. The molecule has 2 aromatic rings. The number of benzene rings is 1. The Balaban J connectivity index is 1.64. The van der Waals surface area contributed by atoms with Crippen LogP contribution in [0.25, 0.3) is 0 Å². The van der Waals surface area contributed by atoms with Gasteiger partial charge in [0.1, 0.15) is 0 Å². The SMILES string of the molecule is CCN(Cc1ccccc1)c1ncc(C(=O)NC2CCCC2)cn1. The van der Waals surface area contributed by atoms with Gasteiger partial charge in [-0.25, -0.2) is 9.97 Å². The Morgan fingerprint density at radius 3 is 2.46 bits per heavy atom. The largest absolute Gasteiger partial charge is 0.349 e. The van der Waals surface area contributed by atoms with Crippen molar-refractivity contribution in [1.82, 2.24) is 15.3 Å². The highest BCUT2D eigenvalue weighted by Gasteiger charge is 2.18. The van der Waals surface area contributed by atoms with Crippen molar-refractivity contribution >= 4 is 11.9 Å². The predicted molar refractivity (Wildman–Crippen MR) is 94.9 cm³/mol. The van der Waals surface area contributed by atoms with Gasteiger partial charge in [0.05, 0.1) is 5.56 Å². The monoisotopic (exact) mass is 324 g/mol. The van der Waals surface area contributed by atoms with Crippen LogP contribution in [0.4, 0.5) is 5.95 Å². The fourth-order valence-electron chi connectivity index (χ4n) is 3.07. The second-order valence-electron chi connectivity index (χ2n) is 6.23. The lowest BCUT2D eigenvalue weighted by molar-refractivity contribution is 0.0937. The molecular weight excluding hydrogens is 300 g/mol. The first kappa shape index (κ1) is 16.4. The molecule has 1 saturated carbocycles. The third-order valence-corrected chi connectivity index (χ3v) is 4.47. The Bertz CT molecular complexity index is 651. The van der Waals surface area contributed by atoms with Crippen LogP contribution in [0.2, 0.25) is 0 Å². The summed E-state index contributed by atoms with van der Waals surface area (Å²) < 4.78 is 0. The third kappa shape index (κ3) is 4.10. The number of aromatic nitrogens is 2. The quantitative estimate of drug-likeness (QED) is 0.886. The van der Waals surface area contributed by atoms with Gasteiger partial charge < -0.3 is 10.2 Å². The molecule has 0 radical (unpaired) electrons. The molecule has 1 aliphatic rings. The average molecular weight is 324 g/mol. The summed E-state index contributed by atoms with van der Waals surface area (Å²) in [5.41, 5.74) is 1.74. The van der Waals surface area contributed by atoms with Crippen molar-refractivity contribution in [1.29, 1.82) is 0 Å². The average Bonchev–Trinajstić information content (AvgIpc) is 3.14. The number of amides is 1. The van der Waals surface area contributed by atoms with E-state index in [4.69, 9.17) is 0 Å². The number of hydrogen-bond donors (Lipinski definition) is 1. The minimum atomic E-state index is -0.0699. The van der Waals surface area contributed by atoms with Crippen LogP contribution < -0.4 is 10.2 Å². The maximum atomic E-state index is 12.2. The van der Waals surface area contributed by atoms with Crippen molar-refractivity contribution in [3.63, 3.8) is 0 Å². The van der Waals surface area contributed by atoms with Gasteiger partial charge in [0.15, 0.2) is 0 Å². The lowest BCUT2D eigenvalue weighted by atomic mass is 10.2. The van der Waals surface area contributed by atoms with Gasteiger partial charge in [-0.1, -0.05) is 43.2 Å². The van der Waals surface area contributed by atoms with Crippen LogP contribution >= 0.6 is 0 Å². The van der Waals surface area contributed by atoms with Gasteiger partial charge in [0.25, 0.3) is 5.91 Å². The number of anilines is 1. The summed E-state index contributed by atoms with van der Waals surface area (Å²) in [6.07, 6.45) is 7.80. The normalized spacial score (nSPS) is 14.5. The van der Waals surface area contributed by atoms with E-state index in [-0.39, 0.29) is 5.91 Å². The standard InChI is InChI=1S/C19H24N4O/c1-2-23(14-15-8-4-3-5-9-15)19-20-12-16(13-21-19)18(24)22-17-10-6-7-11-17/h3-5,8-9,12-13,17H,2,6-7,10-11,14H2,1H3,(H,22,24). The van der Waals surface area contributed by atoms with Gasteiger partial charge in [-0.2, -0.15) is 0 Å². The van der Waals surface area contributed by atoms with E-state index >= 15 is 0 Å². The smallest absolute Gasteiger partial charge is 0.254 e. The van der Waals surface area contributed by atoms with Crippen molar-refractivity contribution in [2.75, 3.05) is 11.4 Å². The highest BCUT2D eigenvalue weighted by molar-refractivity contribution is 5.93. The maximum absolute atomic E-state index is 12.2. The molecule has 0 bridgehead atoms.